The first-order chi connectivity index (χ1) is 5.74. The fourth-order valence-electron chi connectivity index (χ4n) is 0.794. The third kappa shape index (κ3) is 5.08. The van der Waals surface area contributed by atoms with Crippen LogP contribution in [0.2, 0.25) is 0 Å². The quantitative estimate of drug-likeness (QED) is 0.609. The molecule has 0 aliphatic rings. The van der Waals surface area contributed by atoms with Crippen molar-refractivity contribution < 1.29 is 0 Å². The molecule has 0 aromatic heterocycles. The number of thioether (sulfide) groups is 1. The molecule has 0 radical (unpaired) electrons. The zero-order valence-electron chi connectivity index (χ0n) is 7.68. The first-order valence-electron chi connectivity index (χ1n) is 3.94. The molecule has 0 saturated carbocycles. The third-order valence-electron chi connectivity index (χ3n) is 1.61. The first-order valence-corrected chi connectivity index (χ1v) is 5.17. The van der Waals surface area contributed by atoms with E-state index in [0.717, 1.165) is 18.0 Å². The van der Waals surface area contributed by atoms with Crippen molar-refractivity contribution in [1.82, 2.24) is 5.32 Å². The van der Waals surface area contributed by atoms with E-state index in [-0.39, 0.29) is 0 Å². The summed E-state index contributed by atoms with van der Waals surface area (Å²) in [6, 6.07) is 0. The molecule has 68 valence electrons. The van der Waals surface area contributed by atoms with Crippen LogP contribution in [0.25, 0.3) is 0 Å². The van der Waals surface area contributed by atoms with Crippen LogP contribution in [-0.2, 0) is 0 Å². The average Bonchev–Trinajstić information content (AvgIpc) is 2.11. The monoisotopic (exact) mass is 183 g/mol. The van der Waals surface area contributed by atoms with Gasteiger partial charge in [-0.1, -0.05) is 18.7 Å². The molecule has 1 N–H and O–H groups in total. The predicted molar refractivity (Wildman–Crippen MR) is 59.2 cm³/mol. The van der Waals surface area contributed by atoms with Gasteiger partial charge in [0.2, 0.25) is 0 Å². The lowest BCUT2D eigenvalue weighted by atomic mass is 10.1. The van der Waals surface area contributed by atoms with Gasteiger partial charge in [-0.25, -0.2) is 0 Å². The summed E-state index contributed by atoms with van der Waals surface area (Å²) in [6.45, 7) is 12.2. The fraction of sp³-hybridized carbons (Fsp3) is 0.400. The van der Waals surface area contributed by atoms with Crippen LogP contribution >= 0.6 is 11.8 Å². The molecule has 0 bridgehead atoms. The Morgan fingerprint density at radius 3 is 2.67 bits per heavy atom. The van der Waals surface area contributed by atoms with Crippen molar-refractivity contribution >= 4 is 11.8 Å². The van der Waals surface area contributed by atoms with E-state index in [0.29, 0.717) is 5.92 Å². The molecule has 0 aliphatic heterocycles. The van der Waals surface area contributed by atoms with E-state index in [1.165, 1.54) is 0 Å². The molecule has 0 rings (SSSR count). The predicted octanol–water partition coefficient (Wildman–Crippen LogP) is 2.79. The first kappa shape index (κ1) is 11.4. The Bertz CT molecular complexity index is 163. The van der Waals surface area contributed by atoms with Gasteiger partial charge in [-0.05, 0) is 18.6 Å². The minimum atomic E-state index is 0.464. The molecule has 0 aromatic rings. The Kier molecular flexibility index (Phi) is 6.67. The summed E-state index contributed by atoms with van der Waals surface area (Å²) in [7, 11) is 0. The van der Waals surface area contributed by atoms with Gasteiger partial charge in [-0.15, -0.1) is 24.9 Å². The van der Waals surface area contributed by atoms with Gasteiger partial charge in [0.25, 0.3) is 0 Å². The van der Waals surface area contributed by atoms with Crippen LogP contribution in [0.3, 0.4) is 0 Å². The number of allylic oxidation sites excluding steroid dienone is 1. The van der Waals surface area contributed by atoms with Crippen molar-refractivity contribution in [3.8, 4) is 0 Å². The zero-order chi connectivity index (χ0) is 9.40. The van der Waals surface area contributed by atoms with Gasteiger partial charge in [-0.2, -0.15) is 0 Å². The van der Waals surface area contributed by atoms with E-state index in [4.69, 9.17) is 0 Å². The highest BCUT2D eigenvalue weighted by Gasteiger charge is 2.00. The summed E-state index contributed by atoms with van der Waals surface area (Å²) in [5, 5.41) is 4.22. The minimum absolute atomic E-state index is 0.464. The topological polar surface area (TPSA) is 12.0 Å². The summed E-state index contributed by atoms with van der Waals surface area (Å²) >= 11 is 1.63. The summed E-state index contributed by atoms with van der Waals surface area (Å²) in [4.78, 5) is 0. The average molecular weight is 183 g/mol. The van der Waals surface area contributed by atoms with Crippen molar-refractivity contribution in [2.75, 3.05) is 12.8 Å². The second-order valence-electron chi connectivity index (χ2n) is 2.53. The summed E-state index contributed by atoms with van der Waals surface area (Å²) in [5.41, 5.74) is 0. The second-order valence-corrected chi connectivity index (χ2v) is 3.43. The van der Waals surface area contributed by atoms with E-state index < -0.39 is 0 Å². The maximum Gasteiger partial charge on any atom is 0.0605 e. The van der Waals surface area contributed by atoms with Crippen molar-refractivity contribution in [2.45, 2.75) is 6.42 Å². The Hall–Kier alpha value is -0.630. The molecule has 0 spiro atoms. The highest BCUT2D eigenvalue weighted by molar-refractivity contribution is 8.02. The normalized spacial score (nSPS) is 11.8. The van der Waals surface area contributed by atoms with Crippen LogP contribution in [0, 0.1) is 5.92 Å². The lowest BCUT2D eigenvalue weighted by Crippen LogP contribution is -2.18. The van der Waals surface area contributed by atoms with Crippen molar-refractivity contribution in [2.24, 2.45) is 5.92 Å². The molecular weight excluding hydrogens is 166 g/mol. The minimum Gasteiger partial charge on any atom is -0.380 e. The molecular formula is C10H17NS. The molecule has 1 unspecified atom stereocenters. The highest BCUT2D eigenvalue weighted by Crippen LogP contribution is 2.07. The van der Waals surface area contributed by atoms with Crippen LogP contribution in [0.5, 0.6) is 0 Å². The molecule has 0 aliphatic carbocycles. The molecule has 1 atom stereocenters. The van der Waals surface area contributed by atoms with E-state index in [2.05, 4.69) is 25.1 Å². The number of hydrogen-bond donors (Lipinski definition) is 1. The van der Waals surface area contributed by atoms with Crippen LogP contribution in [-0.4, -0.2) is 12.8 Å². The molecule has 0 heterocycles. The summed E-state index contributed by atoms with van der Waals surface area (Å²) < 4.78 is 0. The molecule has 0 amide bonds. The largest absolute Gasteiger partial charge is 0.380 e. The van der Waals surface area contributed by atoms with E-state index in [1.54, 1.807) is 11.8 Å². The van der Waals surface area contributed by atoms with Crippen LogP contribution in [0.1, 0.15) is 6.42 Å². The second kappa shape index (κ2) is 7.04. The van der Waals surface area contributed by atoms with Crippen molar-refractivity contribution in [3.63, 3.8) is 0 Å². The lowest BCUT2D eigenvalue weighted by molar-refractivity contribution is 0.621. The maximum atomic E-state index is 3.83. The smallest absolute Gasteiger partial charge is 0.0605 e. The van der Waals surface area contributed by atoms with Gasteiger partial charge in [-0.3, -0.25) is 0 Å². The Morgan fingerprint density at radius 1 is 1.58 bits per heavy atom. The maximum absolute atomic E-state index is 3.83. The molecule has 12 heavy (non-hydrogen) atoms. The van der Waals surface area contributed by atoms with Gasteiger partial charge >= 0.3 is 0 Å². The molecule has 1 nitrogen and oxygen atoms in total. The third-order valence-corrected chi connectivity index (χ3v) is 2.25. The van der Waals surface area contributed by atoms with Gasteiger partial charge in [0.05, 0.1) is 5.03 Å². The molecule has 0 saturated heterocycles. The lowest BCUT2D eigenvalue weighted by Gasteiger charge is -2.12. The van der Waals surface area contributed by atoms with Crippen LogP contribution in [0.4, 0.5) is 0 Å². The van der Waals surface area contributed by atoms with Crippen molar-refractivity contribution in [3.05, 3.63) is 36.9 Å². The van der Waals surface area contributed by atoms with Gasteiger partial charge < -0.3 is 5.32 Å². The Balaban J connectivity index is 3.63. The van der Waals surface area contributed by atoms with Gasteiger partial charge in [0.15, 0.2) is 0 Å². The summed E-state index contributed by atoms with van der Waals surface area (Å²) in [6.07, 6.45) is 6.84. The van der Waals surface area contributed by atoms with E-state index in [9.17, 15) is 0 Å². The standard InChI is InChI=1S/C10H17NS/c1-5-7-10(6-2)8-11-9(3)12-4/h5-6,10-11H,1-3,7-8H2,4H3. The van der Waals surface area contributed by atoms with E-state index in [1.807, 2.05) is 18.4 Å². The fourth-order valence-corrected chi connectivity index (χ4v) is 1.02. The highest BCUT2D eigenvalue weighted by atomic mass is 32.2. The van der Waals surface area contributed by atoms with E-state index >= 15 is 0 Å². The number of hydrogen-bond acceptors (Lipinski definition) is 2. The SMILES string of the molecule is C=CCC(C=C)CNC(=C)SC. The Morgan fingerprint density at radius 2 is 2.25 bits per heavy atom. The number of nitrogens with one attached hydrogen (secondary N) is 1. The Labute approximate surface area is 79.6 Å². The molecule has 0 fully saturated rings. The molecule has 2 heteroatoms. The number of rotatable bonds is 7. The zero-order valence-corrected chi connectivity index (χ0v) is 8.49. The van der Waals surface area contributed by atoms with Crippen LogP contribution < -0.4 is 5.32 Å². The van der Waals surface area contributed by atoms with Gasteiger partial charge in [0.1, 0.15) is 0 Å². The van der Waals surface area contributed by atoms with Gasteiger partial charge in [0, 0.05) is 6.54 Å². The van der Waals surface area contributed by atoms with Crippen molar-refractivity contribution in [1.29, 1.82) is 0 Å². The van der Waals surface area contributed by atoms with Crippen LogP contribution in [0.15, 0.2) is 36.9 Å². The summed E-state index contributed by atoms with van der Waals surface area (Å²) in [5.74, 6) is 0.464. The molecule has 0 aromatic carbocycles.